The molecule has 2 rings (SSSR count). The fraction of sp³-hybridized carbons (Fsp3) is 0.417. The molecule has 92 valence electrons. The average molecular weight is 258 g/mol. The number of benzene rings is 1. The molecular formula is C12H13ClFNO2. The number of amides is 1. The van der Waals surface area contributed by atoms with Crippen LogP contribution in [0.3, 0.4) is 0 Å². The van der Waals surface area contributed by atoms with Gasteiger partial charge >= 0.3 is 0 Å². The molecule has 1 fully saturated rings. The average Bonchev–Trinajstić information content (AvgIpc) is 3.09. The van der Waals surface area contributed by atoms with Crippen LogP contribution in [0.1, 0.15) is 23.2 Å². The van der Waals surface area contributed by atoms with Crippen LogP contribution in [0.4, 0.5) is 4.39 Å². The molecule has 17 heavy (non-hydrogen) atoms. The van der Waals surface area contributed by atoms with E-state index >= 15 is 0 Å². The van der Waals surface area contributed by atoms with E-state index in [9.17, 15) is 9.18 Å². The normalized spacial score (nSPS) is 16.6. The van der Waals surface area contributed by atoms with Crippen LogP contribution in [0.15, 0.2) is 18.2 Å². The third kappa shape index (κ3) is 3.09. The first-order chi connectivity index (χ1) is 8.08. The molecule has 1 amide bonds. The molecule has 5 heteroatoms. The van der Waals surface area contributed by atoms with Crippen molar-refractivity contribution in [3.8, 4) is 5.75 Å². The summed E-state index contributed by atoms with van der Waals surface area (Å²) in [6, 6.07) is 3.44. The highest BCUT2D eigenvalue weighted by molar-refractivity contribution is 6.21. The van der Waals surface area contributed by atoms with Crippen molar-refractivity contribution in [2.24, 2.45) is 5.92 Å². The summed E-state index contributed by atoms with van der Waals surface area (Å²) >= 11 is 6.03. The van der Waals surface area contributed by atoms with Crippen molar-refractivity contribution in [1.82, 2.24) is 5.32 Å². The predicted octanol–water partition coefficient (Wildman–Crippen LogP) is 2.28. The lowest BCUT2D eigenvalue weighted by molar-refractivity contribution is 0.0949. The van der Waals surface area contributed by atoms with E-state index in [0.29, 0.717) is 12.5 Å². The summed E-state index contributed by atoms with van der Waals surface area (Å²) in [5, 5.41) is 11.5. The molecule has 0 spiro atoms. The Bertz CT molecular complexity index is 435. The number of alkyl halides is 1. The number of hydrogen-bond acceptors (Lipinski definition) is 2. The summed E-state index contributed by atoms with van der Waals surface area (Å²) in [5.74, 6) is -0.970. The topological polar surface area (TPSA) is 49.3 Å². The van der Waals surface area contributed by atoms with Crippen LogP contribution in [0.25, 0.3) is 0 Å². The molecule has 1 aromatic carbocycles. The van der Waals surface area contributed by atoms with E-state index in [-0.39, 0.29) is 16.7 Å². The van der Waals surface area contributed by atoms with Gasteiger partial charge in [0, 0.05) is 12.6 Å². The summed E-state index contributed by atoms with van der Waals surface area (Å²) in [7, 11) is 0. The van der Waals surface area contributed by atoms with E-state index in [4.69, 9.17) is 16.7 Å². The number of carbonyl (C=O) groups is 1. The van der Waals surface area contributed by atoms with Gasteiger partial charge < -0.3 is 10.4 Å². The molecule has 2 N–H and O–H groups in total. The second kappa shape index (κ2) is 4.92. The lowest BCUT2D eigenvalue weighted by Crippen LogP contribution is -2.31. The maximum Gasteiger partial charge on any atom is 0.254 e. The number of rotatable bonds is 4. The smallest absolute Gasteiger partial charge is 0.254 e. The second-order valence-corrected chi connectivity index (χ2v) is 4.79. The number of aromatic hydroxyl groups is 1. The number of nitrogens with one attached hydrogen (secondary N) is 1. The molecule has 0 aliphatic heterocycles. The highest BCUT2D eigenvalue weighted by Crippen LogP contribution is 2.35. The molecule has 1 saturated carbocycles. The highest BCUT2D eigenvalue weighted by atomic mass is 35.5. The van der Waals surface area contributed by atoms with Crippen LogP contribution >= 0.6 is 11.6 Å². The van der Waals surface area contributed by atoms with Crippen molar-refractivity contribution < 1.29 is 14.3 Å². The maximum atomic E-state index is 13.3. The SMILES string of the molecule is O=C(NCC(Cl)C1CC1)c1ccc(O)cc1F. The standard InChI is InChI=1S/C12H13ClFNO2/c13-10(7-1-2-7)6-15-12(17)9-4-3-8(16)5-11(9)14/h3-5,7,10,16H,1-2,6H2,(H,15,17). The van der Waals surface area contributed by atoms with Crippen LogP contribution in [0.2, 0.25) is 0 Å². The molecule has 0 aromatic heterocycles. The molecule has 1 aliphatic carbocycles. The summed E-state index contributed by atoms with van der Waals surface area (Å²) in [6.07, 6.45) is 2.19. The molecule has 1 aliphatic rings. The first-order valence-electron chi connectivity index (χ1n) is 5.48. The summed E-state index contributed by atoms with van der Waals surface area (Å²) in [5.41, 5.74) is -0.0811. The monoisotopic (exact) mass is 257 g/mol. The van der Waals surface area contributed by atoms with Gasteiger partial charge in [-0.1, -0.05) is 0 Å². The lowest BCUT2D eigenvalue weighted by atomic mass is 10.2. The molecule has 3 nitrogen and oxygen atoms in total. The molecular weight excluding hydrogens is 245 g/mol. The Hall–Kier alpha value is -1.29. The summed E-state index contributed by atoms with van der Waals surface area (Å²) in [6.45, 7) is 0.339. The minimum absolute atomic E-state index is 0.0811. The van der Waals surface area contributed by atoms with Crippen molar-refractivity contribution in [3.63, 3.8) is 0 Å². The first-order valence-corrected chi connectivity index (χ1v) is 5.92. The van der Waals surface area contributed by atoms with E-state index in [1.165, 1.54) is 12.1 Å². The lowest BCUT2D eigenvalue weighted by Gasteiger charge is -2.10. The first kappa shape index (κ1) is 12.2. The zero-order valence-electron chi connectivity index (χ0n) is 9.12. The minimum atomic E-state index is -0.736. The number of phenolic OH excluding ortho intramolecular Hbond substituents is 1. The van der Waals surface area contributed by atoms with E-state index in [1.807, 2.05) is 0 Å². The summed E-state index contributed by atoms with van der Waals surface area (Å²) < 4.78 is 13.3. The third-order valence-corrected chi connectivity index (χ3v) is 3.30. The number of phenols is 1. The minimum Gasteiger partial charge on any atom is -0.508 e. The zero-order chi connectivity index (χ0) is 12.4. The van der Waals surface area contributed by atoms with Gasteiger partial charge in [-0.25, -0.2) is 4.39 Å². The van der Waals surface area contributed by atoms with Gasteiger partial charge in [-0.05, 0) is 30.9 Å². The van der Waals surface area contributed by atoms with Crippen LogP contribution in [-0.4, -0.2) is 22.9 Å². The Morgan fingerprint density at radius 3 is 2.88 bits per heavy atom. The van der Waals surface area contributed by atoms with Crippen molar-refractivity contribution in [3.05, 3.63) is 29.6 Å². The fourth-order valence-electron chi connectivity index (χ4n) is 1.60. The summed E-state index contributed by atoms with van der Waals surface area (Å²) in [4.78, 5) is 11.6. The molecule has 0 bridgehead atoms. The largest absolute Gasteiger partial charge is 0.508 e. The Balaban J connectivity index is 1.94. The van der Waals surface area contributed by atoms with E-state index in [1.54, 1.807) is 0 Å². The van der Waals surface area contributed by atoms with E-state index < -0.39 is 11.7 Å². The Morgan fingerprint density at radius 1 is 1.59 bits per heavy atom. The molecule has 0 saturated heterocycles. The molecule has 1 aromatic rings. The van der Waals surface area contributed by atoms with Gasteiger partial charge in [0.05, 0.1) is 10.9 Å². The van der Waals surface area contributed by atoms with Crippen LogP contribution in [-0.2, 0) is 0 Å². The third-order valence-electron chi connectivity index (χ3n) is 2.79. The van der Waals surface area contributed by atoms with Gasteiger partial charge in [0.15, 0.2) is 0 Å². The Labute approximate surface area is 104 Å². The quantitative estimate of drug-likeness (QED) is 0.813. The van der Waals surface area contributed by atoms with Gasteiger partial charge in [-0.2, -0.15) is 0 Å². The van der Waals surface area contributed by atoms with Crippen molar-refractivity contribution in [2.75, 3.05) is 6.54 Å². The number of hydrogen-bond donors (Lipinski definition) is 2. The van der Waals surface area contributed by atoms with Crippen LogP contribution in [0, 0.1) is 11.7 Å². The van der Waals surface area contributed by atoms with E-state index in [0.717, 1.165) is 18.9 Å². The second-order valence-electron chi connectivity index (χ2n) is 4.23. The van der Waals surface area contributed by atoms with Crippen molar-refractivity contribution in [1.29, 1.82) is 0 Å². The molecule has 1 unspecified atom stereocenters. The predicted molar refractivity (Wildman–Crippen MR) is 62.8 cm³/mol. The maximum absolute atomic E-state index is 13.3. The van der Waals surface area contributed by atoms with Crippen molar-refractivity contribution >= 4 is 17.5 Å². The van der Waals surface area contributed by atoms with Crippen molar-refractivity contribution in [2.45, 2.75) is 18.2 Å². The number of halogens is 2. The number of carbonyl (C=O) groups excluding carboxylic acids is 1. The molecule has 1 atom stereocenters. The highest BCUT2D eigenvalue weighted by Gasteiger charge is 2.29. The van der Waals surface area contributed by atoms with Crippen LogP contribution in [0.5, 0.6) is 5.75 Å². The van der Waals surface area contributed by atoms with Gasteiger partial charge in [-0.15, -0.1) is 11.6 Å². The van der Waals surface area contributed by atoms with Gasteiger partial charge in [0.2, 0.25) is 0 Å². The van der Waals surface area contributed by atoms with Gasteiger partial charge in [-0.3, -0.25) is 4.79 Å². The van der Waals surface area contributed by atoms with Crippen LogP contribution < -0.4 is 5.32 Å². The van der Waals surface area contributed by atoms with E-state index in [2.05, 4.69) is 5.32 Å². The molecule has 0 radical (unpaired) electrons. The zero-order valence-corrected chi connectivity index (χ0v) is 9.88. The Kier molecular flexibility index (Phi) is 3.52. The van der Waals surface area contributed by atoms with Gasteiger partial charge in [0.1, 0.15) is 11.6 Å². The van der Waals surface area contributed by atoms with Gasteiger partial charge in [0.25, 0.3) is 5.91 Å². The molecule has 0 heterocycles. The Morgan fingerprint density at radius 2 is 2.29 bits per heavy atom. The fourth-order valence-corrected chi connectivity index (χ4v) is 1.93.